The van der Waals surface area contributed by atoms with Crippen LogP contribution < -0.4 is 5.32 Å². The standard InChI is InChI=1S/C15H24FNS/c1-3-5-6-11-18-15-13(12-17-10-4-2)8-7-9-14(15)16/h7-9,17H,3-6,10-12H2,1-2H3. The van der Waals surface area contributed by atoms with Crippen molar-refractivity contribution in [1.29, 1.82) is 0 Å². The monoisotopic (exact) mass is 269 g/mol. The summed E-state index contributed by atoms with van der Waals surface area (Å²) in [6.07, 6.45) is 4.71. The summed E-state index contributed by atoms with van der Waals surface area (Å²) >= 11 is 1.66. The number of unbranched alkanes of at least 4 members (excludes halogenated alkanes) is 2. The highest BCUT2D eigenvalue weighted by Gasteiger charge is 2.08. The molecule has 0 radical (unpaired) electrons. The minimum Gasteiger partial charge on any atom is -0.313 e. The van der Waals surface area contributed by atoms with Crippen molar-refractivity contribution in [2.24, 2.45) is 0 Å². The Balaban J connectivity index is 2.56. The highest BCUT2D eigenvalue weighted by atomic mass is 32.2. The SMILES string of the molecule is CCCCCSc1c(F)cccc1CNCCC. The van der Waals surface area contributed by atoms with Crippen LogP contribution in [0.3, 0.4) is 0 Å². The number of thioether (sulfide) groups is 1. The van der Waals surface area contributed by atoms with E-state index in [9.17, 15) is 4.39 Å². The third-order valence-corrected chi connectivity index (χ3v) is 4.02. The van der Waals surface area contributed by atoms with E-state index in [2.05, 4.69) is 19.2 Å². The molecule has 0 amide bonds. The zero-order valence-corrected chi connectivity index (χ0v) is 12.3. The highest BCUT2D eigenvalue weighted by molar-refractivity contribution is 7.99. The fraction of sp³-hybridized carbons (Fsp3) is 0.600. The van der Waals surface area contributed by atoms with Crippen LogP contribution in [0.4, 0.5) is 4.39 Å². The van der Waals surface area contributed by atoms with E-state index >= 15 is 0 Å². The van der Waals surface area contributed by atoms with Crippen molar-refractivity contribution in [2.45, 2.75) is 51.0 Å². The van der Waals surface area contributed by atoms with Gasteiger partial charge in [0.1, 0.15) is 5.82 Å². The van der Waals surface area contributed by atoms with Crippen molar-refractivity contribution in [2.75, 3.05) is 12.3 Å². The van der Waals surface area contributed by atoms with Gasteiger partial charge >= 0.3 is 0 Å². The van der Waals surface area contributed by atoms with Crippen LogP contribution in [0.25, 0.3) is 0 Å². The van der Waals surface area contributed by atoms with Gasteiger partial charge in [-0.2, -0.15) is 0 Å². The summed E-state index contributed by atoms with van der Waals surface area (Å²) in [5.41, 5.74) is 1.09. The average Bonchev–Trinajstić information content (AvgIpc) is 2.37. The molecule has 0 bridgehead atoms. The van der Waals surface area contributed by atoms with Gasteiger partial charge in [-0.3, -0.25) is 0 Å². The van der Waals surface area contributed by atoms with E-state index < -0.39 is 0 Å². The molecule has 102 valence electrons. The van der Waals surface area contributed by atoms with Crippen LogP contribution in [0.1, 0.15) is 45.1 Å². The minimum atomic E-state index is -0.0766. The Morgan fingerprint density at radius 2 is 2.00 bits per heavy atom. The van der Waals surface area contributed by atoms with Crippen molar-refractivity contribution in [3.8, 4) is 0 Å². The number of rotatable bonds is 9. The van der Waals surface area contributed by atoms with Crippen LogP contribution in [0.15, 0.2) is 23.1 Å². The molecule has 0 aromatic heterocycles. The molecule has 0 atom stereocenters. The molecular formula is C15H24FNS. The maximum atomic E-state index is 13.8. The summed E-state index contributed by atoms with van der Waals surface area (Å²) in [4.78, 5) is 0.831. The summed E-state index contributed by atoms with van der Waals surface area (Å²) in [6.45, 7) is 6.07. The molecule has 0 aliphatic carbocycles. The fourth-order valence-electron chi connectivity index (χ4n) is 1.78. The van der Waals surface area contributed by atoms with Gasteiger partial charge in [-0.1, -0.05) is 38.8 Å². The number of benzene rings is 1. The van der Waals surface area contributed by atoms with E-state index in [0.29, 0.717) is 0 Å². The van der Waals surface area contributed by atoms with Gasteiger partial charge in [0, 0.05) is 11.4 Å². The third-order valence-electron chi connectivity index (χ3n) is 2.79. The second kappa shape index (κ2) is 9.40. The van der Waals surface area contributed by atoms with Crippen molar-refractivity contribution in [3.63, 3.8) is 0 Å². The average molecular weight is 269 g/mol. The van der Waals surface area contributed by atoms with E-state index in [1.54, 1.807) is 23.9 Å². The second-order valence-corrected chi connectivity index (χ2v) is 5.57. The lowest BCUT2D eigenvalue weighted by atomic mass is 10.2. The molecule has 1 nitrogen and oxygen atoms in total. The molecule has 0 saturated heterocycles. The first kappa shape index (κ1) is 15.5. The quantitative estimate of drug-likeness (QED) is 0.519. The molecule has 0 fully saturated rings. The first-order valence-electron chi connectivity index (χ1n) is 6.90. The Morgan fingerprint density at radius 3 is 2.72 bits per heavy atom. The van der Waals surface area contributed by atoms with Gasteiger partial charge in [0.2, 0.25) is 0 Å². The molecule has 0 aliphatic heterocycles. The third kappa shape index (κ3) is 5.40. The van der Waals surface area contributed by atoms with Gasteiger partial charge in [0.15, 0.2) is 0 Å². The summed E-state index contributed by atoms with van der Waals surface area (Å²) < 4.78 is 13.8. The lowest BCUT2D eigenvalue weighted by Crippen LogP contribution is -2.14. The molecule has 0 saturated carbocycles. The molecule has 0 aliphatic rings. The second-order valence-electron chi connectivity index (χ2n) is 4.46. The van der Waals surface area contributed by atoms with Gasteiger partial charge in [0.25, 0.3) is 0 Å². The van der Waals surface area contributed by atoms with E-state index in [-0.39, 0.29) is 5.82 Å². The van der Waals surface area contributed by atoms with Crippen LogP contribution in [0.2, 0.25) is 0 Å². The molecule has 1 aromatic rings. The summed E-state index contributed by atoms with van der Waals surface area (Å²) in [6, 6.07) is 5.38. The highest BCUT2D eigenvalue weighted by Crippen LogP contribution is 2.27. The first-order chi connectivity index (χ1) is 8.79. The topological polar surface area (TPSA) is 12.0 Å². The van der Waals surface area contributed by atoms with Crippen molar-refractivity contribution < 1.29 is 4.39 Å². The van der Waals surface area contributed by atoms with Gasteiger partial charge in [-0.25, -0.2) is 4.39 Å². The number of hydrogen-bond acceptors (Lipinski definition) is 2. The molecule has 18 heavy (non-hydrogen) atoms. The molecule has 0 spiro atoms. The zero-order valence-electron chi connectivity index (χ0n) is 11.5. The molecule has 1 aromatic carbocycles. The van der Waals surface area contributed by atoms with Gasteiger partial charge in [-0.05, 0) is 36.8 Å². The number of nitrogens with one attached hydrogen (secondary N) is 1. The molecule has 0 unspecified atom stereocenters. The van der Waals surface area contributed by atoms with E-state index in [0.717, 1.165) is 42.1 Å². The Hall–Kier alpha value is -0.540. The fourth-order valence-corrected chi connectivity index (χ4v) is 2.86. The zero-order chi connectivity index (χ0) is 13.2. The molecule has 1 N–H and O–H groups in total. The van der Waals surface area contributed by atoms with E-state index in [4.69, 9.17) is 0 Å². The predicted octanol–water partition coefficient (Wildman–Crippen LogP) is 4.61. The Labute approximate surface area is 115 Å². The summed E-state index contributed by atoms with van der Waals surface area (Å²) in [7, 11) is 0. The lowest BCUT2D eigenvalue weighted by Gasteiger charge is -2.11. The molecule has 0 heterocycles. The number of halogens is 1. The minimum absolute atomic E-state index is 0.0766. The van der Waals surface area contributed by atoms with Crippen molar-refractivity contribution in [1.82, 2.24) is 5.32 Å². The molecular weight excluding hydrogens is 245 g/mol. The van der Waals surface area contributed by atoms with Crippen LogP contribution >= 0.6 is 11.8 Å². The predicted molar refractivity (Wildman–Crippen MR) is 78.6 cm³/mol. The lowest BCUT2D eigenvalue weighted by molar-refractivity contribution is 0.588. The normalized spacial score (nSPS) is 10.8. The molecule has 1 rings (SSSR count). The maximum Gasteiger partial charge on any atom is 0.137 e. The Bertz CT molecular complexity index is 341. The number of hydrogen-bond donors (Lipinski definition) is 1. The summed E-state index contributed by atoms with van der Waals surface area (Å²) in [5.74, 6) is 0.933. The van der Waals surface area contributed by atoms with E-state index in [1.165, 1.54) is 12.8 Å². The van der Waals surface area contributed by atoms with E-state index in [1.807, 2.05) is 6.07 Å². The van der Waals surface area contributed by atoms with Gasteiger partial charge in [0.05, 0.1) is 0 Å². The van der Waals surface area contributed by atoms with Crippen LogP contribution in [-0.2, 0) is 6.54 Å². The van der Waals surface area contributed by atoms with Crippen LogP contribution in [0, 0.1) is 5.82 Å². The maximum absolute atomic E-state index is 13.8. The van der Waals surface area contributed by atoms with Gasteiger partial charge in [-0.15, -0.1) is 11.8 Å². The van der Waals surface area contributed by atoms with Crippen molar-refractivity contribution in [3.05, 3.63) is 29.6 Å². The largest absolute Gasteiger partial charge is 0.313 e. The van der Waals surface area contributed by atoms with Crippen LogP contribution in [-0.4, -0.2) is 12.3 Å². The Kier molecular flexibility index (Phi) is 8.10. The van der Waals surface area contributed by atoms with Gasteiger partial charge < -0.3 is 5.32 Å². The first-order valence-corrected chi connectivity index (χ1v) is 7.89. The molecule has 3 heteroatoms. The summed E-state index contributed by atoms with van der Waals surface area (Å²) in [5, 5.41) is 3.34. The smallest absolute Gasteiger partial charge is 0.137 e. The van der Waals surface area contributed by atoms with Crippen LogP contribution in [0.5, 0.6) is 0 Å². The Morgan fingerprint density at radius 1 is 1.17 bits per heavy atom. The van der Waals surface area contributed by atoms with Crippen molar-refractivity contribution >= 4 is 11.8 Å².